The van der Waals surface area contributed by atoms with Gasteiger partial charge in [-0.15, -0.1) is 0 Å². The van der Waals surface area contributed by atoms with E-state index >= 15 is 0 Å². The molecule has 5 heteroatoms. The molecule has 1 N–H and O–H groups in total. The lowest BCUT2D eigenvalue weighted by Gasteiger charge is -2.56. The summed E-state index contributed by atoms with van der Waals surface area (Å²) in [4.78, 5) is 30.9. The monoisotopic (exact) mass is 441 g/mol. The van der Waals surface area contributed by atoms with E-state index in [2.05, 4.69) is 10.3 Å². The lowest BCUT2D eigenvalue weighted by atomic mass is 9.49. The first kappa shape index (κ1) is 20.6. The third-order valence-corrected chi connectivity index (χ3v) is 8.48. The van der Waals surface area contributed by atoms with Gasteiger partial charge in [0.15, 0.2) is 0 Å². The van der Waals surface area contributed by atoms with Gasteiger partial charge in [0.1, 0.15) is 0 Å². The minimum atomic E-state index is -0.169. The second-order valence-corrected chi connectivity index (χ2v) is 10.9. The number of aromatic nitrogens is 2. The molecule has 0 radical (unpaired) electrons. The Morgan fingerprint density at radius 3 is 2.42 bits per heavy atom. The molecule has 33 heavy (non-hydrogen) atoms. The summed E-state index contributed by atoms with van der Waals surface area (Å²) in [5, 5.41) is 4.58. The van der Waals surface area contributed by atoms with Crippen molar-refractivity contribution in [2.45, 2.75) is 57.9 Å². The Hall–Kier alpha value is -2.95. The van der Waals surface area contributed by atoms with Crippen LogP contribution < -0.4 is 10.9 Å². The fraction of sp³-hybridized carbons (Fsp3) is 0.464. The van der Waals surface area contributed by atoms with Gasteiger partial charge >= 0.3 is 0 Å². The van der Waals surface area contributed by atoms with Gasteiger partial charge in [0.2, 0.25) is 5.91 Å². The van der Waals surface area contributed by atoms with Gasteiger partial charge in [0.25, 0.3) is 5.56 Å². The minimum Gasteiger partial charge on any atom is -0.325 e. The van der Waals surface area contributed by atoms with E-state index in [0.29, 0.717) is 11.8 Å². The standard InChI is InChI=1S/C28H31N3O2/c1-18(24-6-2-3-9-29-24)31-10-8-22-23(27(31)33)5-4-7-25(22)30-26(32)17-28-14-19-11-20(15-28)13-21(12-19)16-28/h2-10,18-21H,11-17H2,1H3,(H,30,32). The Balaban J connectivity index is 1.25. The number of benzene rings is 1. The predicted molar refractivity (Wildman–Crippen MR) is 130 cm³/mol. The largest absolute Gasteiger partial charge is 0.325 e. The molecule has 1 unspecified atom stereocenters. The van der Waals surface area contributed by atoms with Crippen molar-refractivity contribution in [3.8, 4) is 0 Å². The van der Waals surface area contributed by atoms with Crippen LogP contribution in [-0.4, -0.2) is 15.5 Å². The second-order valence-electron chi connectivity index (χ2n) is 10.9. The fourth-order valence-corrected chi connectivity index (χ4v) is 7.51. The third-order valence-electron chi connectivity index (χ3n) is 8.48. The highest BCUT2D eigenvalue weighted by Gasteiger charge is 2.51. The van der Waals surface area contributed by atoms with Crippen molar-refractivity contribution < 1.29 is 4.79 Å². The molecule has 1 amide bonds. The number of pyridine rings is 2. The van der Waals surface area contributed by atoms with Crippen molar-refractivity contribution in [3.63, 3.8) is 0 Å². The van der Waals surface area contributed by atoms with Crippen LogP contribution in [0.5, 0.6) is 0 Å². The van der Waals surface area contributed by atoms with Crippen LogP contribution in [0.25, 0.3) is 10.8 Å². The van der Waals surface area contributed by atoms with Gasteiger partial charge in [0.05, 0.1) is 11.7 Å². The molecule has 2 heterocycles. The van der Waals surface area contributed by atoms with Crippen molar-refractivity contribution in [1.82, 2.24) is 9.55 Å². The lowest BCUT2D eigenvalue weighted by Crippen LogP contribution is -2.47. The lowest BCUT2D eigenvalue weighted by molar-refractivity contribution is -0.124. The zero-order valence-corrected chi connectivity index (χ0v) is 19.2. The van der Waals surface area contributed by atoms with Crippen LogP contribution in [0.2, 0.25) is 0 Å². The molecule has 4 bridgehead atoms. The molecule has 4 saturated carbocycles. The number of nitrogens with one attached hydrogen (secondary N) is 1. The van der Waals surface area contributed by atoms with E-state index in [1.54, 1.807) is 10.8 Å². The average Bonchev–Trinajstić information content (AvgIpc) is 2.78. The molecular weight excluding hydrogens is 410 g/mol. The first-order valence-electron chi connectivity index (χ1n) is 12.3. The van der Waals surface area contributed by atoms with Gasteiger partial charge in [-0.05, 0) is 98.9 Å². The van der Waals surface area contributed by atoms with Crippen molar-refractivity contribution in [2.24, 2.45) is 23.2 Å². The molecule has 1 aromatic carbocycles. The summed E-state index contributed by atoms with van der Waals surface area (Å²) < 4.78 is 1.71. The number of nitrogens with zero attached hydrogens (tertiary/aromatic N) is 2. The first-order chi connectivity index (χ1) is 16.0. The molecule has 0 aliphatic heterocycles. The quantitative estimate of drug-likeness (QED) is 0.564. The molecule has 5 nitrogen and oxygen atoms in total. The Morgan fingerprint density at radius 2 is 1.76 bits per heavy atom. The molecule has 0 saturated heterocycles. The summed E-state index contributed by atoms with van der Waals surface area (Å²) in [7, 11) is 0. The molecule has 2 aromatic heterocycles. The van der Waals surface area contributed by atoms with Crippen LogP contribution in [0.15, 0.2) is 59.7 Å². The van der Waals surface area contributed by atoms with Crippen molar-refractivity contribution in [3.05, 3.63) is 70.9 Å². The zero-order valence-electron chi connectivity index (χ0n) is 19.2. The molecule has 4 aliphatic rings. The molecule has 7 rings (SSSR count). The molecule has 0 spiro atoms. The first-order valence-corrected chi connectivity index (χ1v) is 12.3. The van der Waals surface area contributed by atoms with E-state index in [1.165, 1.54) is 38.5 Å². The van der Waals surface area contributed by atoms with Crippen LogP contribution in [0.4, 0.5) is 5.69 Å². The Bertz CT molecular complexity index is 1230. The summed E-state index contributed by atoms with van der Waals surface area (Å²) in [6.45, 7) is 1.98. The normalized spacial score (nSPS) is 28.7. The topological polar surface area (TPSA) is 64.0 Å². The van der Waals surface area contributed by atoms with Gasteiger partial charge in [-0.3, -0.25) is 14.6 Å². The van der Waals surface area contributed by atoms with Gasteiger partial charge in [-0.1, -0.05) is 12.1 Å². The summed E-state index contributed by atoms with van der Waals surface area (Å²) in [5.41, 5.74) is 1.72. The van der Waals surface area contributed by atoms with Gasteiger partial charge < -0.3 is 9.88 Å². The highest BCUT2D eigenvalue weighted by Crippen LogP contribution is 2.61. The fourth-order valence-electron chi connectivity index (χ4n) is 7.51. The number of hydrogen-bond acceptors (Lipinski definition) is 3. The highest BCUT2D eigenvalue weighted by atomic mass is 16.1. The van der Waals surface area contributed by atoms with Crippen LogP contribution in [0.1, 0.15) is 63.6 Å². The minimum absolute atomic E-state index is 0.0668. The number of rotatable bonds is 5. The maximum absolute atomic E-state index is 13.3. The Kier molecular flexibility index (Phi) is 4.89. The average molecular weight is 442 g/mol. The van der Waals surface area contributed by atoms with Crippen LogP contribution >= 0.6 is 0 Å². The van der Waals surface area contributed by atoms with E-state index in [4.69, 9.17) is 0 Å². The number of anilines is 1. The summed E-state index contributed by atoms with van der Waals surface area (Å²) in [6.07, 6.45) is 12.0. The SMILES string of the molecule is CC(c1ccccn1)n1ccc2c(NC(=O)CC34CC5CC(CC(C5)C3)C4)cccc2c1=O. The van der Waals surface area contributed by atoms with Gasteiger partial charge in [-0.25, -0.2) is 0 Å². The highest BCUT2D eigenvalue weighted by molar-refractivity contribution is 6.02. The number of carbonyl (C=O) groups is 1. The van der Waals surface area contributed by atoms with E-state index in [-0.39, 0.29) is 22.9 Å². The zero-order chi connectivity index (χ0) is 22.6. The van der Waals surface area contributed by atoms with Crippen LogP contribution in [0, 0.1) is 23.2 Å². The van der Waals surface area contributed by atoms with Crippen molar-refractivity contribution >= 4 is 22.4 Å². The van der Waals surface area contributed by atoms with Crippen molar-refractivity contribution in [2.75, 3.05) is 5.32 Å². The maximum atomic E-state index is 13.3. The number of fused-ring (bicyclic) bond motifs is 1. The van der Waals surface area contributed by atoms with E-state index in [9.17, 15) is 9.59 Å². The Morgan fingerprint density at radius 1 is 1.03 bits per heavy atom. The summed E-state index contributed by atoms with van der Waals surface area (Å²) in [6, 6.07) is 13.1. The molecule has 170 valence electrons. The number of amides is 1. The van der Waals surface area contributed by atoms with Crippen molar-refractivity contribution in [1.29, 1.82) is 0 Å². The van der Waals surface area contributed by atoms with Crippen LogP contribution in [0.3, 0.4) is 0 Å². The Labute approximate surface area is 194 Å². The predicted octanol–water partition coefficient (Wildman–Crippen LogP) is 5.55. The van der Waals surface area contributed by atoms with Gasteiger partial charge in [-0.2, -0.15) is 0 Å². The molecule has 4 fully saturated rings. The van der Waals surface area contributed by atoms with E-state index in [1.807, 2.05) is 55.6 Å². The molecule has 3 aromatic rings. The second kappa shape index (κ2) is 7.82. The molecular formula is C28H31N3O2. The molecule has 1 atom stereocenters. The molecule has 4 aliphatic carbocycles. The maximum Gasteiger partial charge on any atom is 0.259 e. The summed E-state index contributed by atoms with van der Waals surface area (Å²) >= 11 is 0. The van der Waals surface area contributed by atoms with Crippen LogP contribution in [-0.2, 0) is 4.79 Å². The number of carbonyl (C=O) groups excluding carboxylic acids is 1. The van der Waals surface area contributed by atoms with Gasteiger partial charge in [0, 0.05) is 35.3 Å². The van der Waals surface area contributed by atoms with E-state index in [0.717, 1.165) is 34.5 Å². The van der Waals surface area contributed by atoms with E-state index < -0.39 is 0 Å². The third kappa shape index (κ3) is 3.68. The summed E-state index contributed by atoms with van der Waals surface area (Å²) in [5.74, 6) is 2.60. The number of hydrogen-bond donors (Lipinski definition) is 1. The smallest absolute Gasteiger partial charge is 0.259 e.